The summed E-state index contributed by atoms with van der Waals surface area (Å²) in [4.78, 5) is 31.5. The van der Waals surface area contributed by atoms with E-state index in [1.165, 1.54) is 12.5 Å². The van der Waals surface area contributed by atoms with Gasteiger partial charge >= 0.3 is 12.0 Å². The lowest BCUT2D eigenvalue weighted by atomic mass is 10.0. The summed E-state index contributed by atoms with van der Waals surface area (Å²) in [7, 11) is 0. The Morgan fingerprint density at radius 3 is 2.64 bits per heavy atom. The minimum Gasteiger partial charge on any atom is -0.478 e. The molecule has 8 nitrogen and oxygen atoms in total. The van der Waals surface area contributed by atoms with Crippen LogP contribution in [0.4, 0.5) is 9.80 Å². The van der Waals surface area contributed by atoms with Crippen LogP contribution in [0.1, 0.15) is 29.6 Å². The number of anilines is 1. The molecule has 0 saturated carbocycles. The molecule has 9 heteroatoms. The van der Waals surface area contributed by atoms with Gasteiger partial charge in [-0.15, -0.1) is 11.3 Å². The molecular formula is C13H20N4O4S. The van der Waals surface area contributed by atoms with Crippen molar-refractivity contribution in [3.05, 3.63) is 17.0 Å². The zero-order valence-corrected chi connectivity index (χ0v) is 12.8. The summed E-state index contributed by atoms with van der Waals surface area (Å²) in [5, 5.41) is 15.8. The average molecular weight is 328 g/mol. The van der Waals surface area contributed by atoms with Crippen molar-refractivity contribution in [2.24, 2.45) is 17.4 Å². The highest BCUT2D eigenvalue weighted by atomic mass is 32.1. The van der Waals surface area contributed by atoms with E-state index < -0.39 is 12.0 Å². The number of hydrogen-bond donors (Lipinski definition) is 5. The van der Waals surface area contributed by atoms with E-state index >= 15 is 0 Å². The van der Waals surface area contributed by atoms with Crippen molar-refractivity contribution in [3.63, 3.8) is 0 Å². The smallest absolute Gasteiger partial charge is 0.338 e. The maximum absolute atomic E-state index is 10.7. The molecule has 1 atom stereocenters. The van der Waals surface area contributed by atoms with E-state index in [1.54, 1.807) is 5.38 Å². The second-order valence-corrected chi connectivity index (χ2v) is 5.67. The molecule has 0 unspecified atom stereocenters. The number of carboxylic acids is 1. The Labute approximate surface area is 131 Å². The van der Waals surface area contributed by atoms with Gasteiger partial charge in [-0.3, -0.25) is 10.1 Å². The molecule has 0 aliphatic carbocycles. The molecule has 0 aromatic carbocycles. The first-order valence-corrected chi connectivity index (χ1v) is 7.67. The summed E-state index contributed by atoms with van der Waals surface area (Å²) in [5.41, 5.74) is 10.0. The third-order valence-corrected chi connectivity index (χ3v) is 3.91. The lowest BCUT2D eigenvalue weighted by molar-refractivity contribution is -0.121. The monoisotopic (exact) mass is 328 g/mol. The van der Waals surface area contributed by atoms with E-state index in [4.69, 9.17) is 16.6 Å². The zero-order chi connectivity index (χ0) is 16.5. The molecule has 1 aromatic rings. The zero-order valence-electron chi connectivity index (χ0n) is 12.0. The van der Waals surface area contributed by atoms with E-state index in [0.717, 1.165) is 37.3 Å². The van der Waals surface area contributed by atoms with Gasteiger partial charge in [-0.25, -0.2) is 9.59 Å². The number of rotatable bonds is 3. The summed E-state index contributed by atoms with van der Waals surface area (Å²) >= 11 is 1.11. The number of nitrogens with one attached hydrogen (secondary N) is 2. The molecule has 22 heavy (non-hydrogen) atoms. The van der Waals surface area contributed by atoms with Gasteiger partial charge in [0.05, 0.1) is 11.5 Å². The number of carbonyl (C=O) groups excluding carboxylic acids is 2. The van der Waals surface area contributed by atoms with E-state index in [9.17, 15) is 14.4 Å². The lowest BCUT2D eigenvalue weighted by Gasteiger charge is -2.07. The number of nitrogens with two attached hydrogens (primary N) is 2. The molecule has 1 fully saturated rings. The molecule has 3 amide bonds. The quantitative estimate of drug-likeness (QED) is 0.556. The molecule has 7 N–H and O–H groups in total. The van der Waals surface area contributed by atoms with Crippen LogP contribution in [-0.2, 0) is 4.79 Å². The fourth-order valence-electron chi connectivity index (χ4n) is 1.95. The van der Waals surface area contributed by atoms with Crippen molar-refractivity contribution < 1.29 is 19.5 Å². The van der Waals surface area contributed by atoms with Gasteiger partial charge in [-0.05, 0) is 30.8 Å². The molecule has 1 aliphatic rings. The van der Waals surface area contributed by atoms with E-state index in [2.05, 4.69) is 10.6 Å². The first-order valence-electron chi connectivity index (χ1n) is 6.79. The Bertz CT molecular complexity index is 524. The highest BCUT2D eigenvalue weighted by molar-refractivity contribution is 7.14. The second-order valence-electron chi connectivity index (χ2n) is 4.76. The van der Waals surface area contributed by atoms with Crippen molar-refractivity contribution in [2.75, 3.05) is 18.4 Å². The minimum atomic E-state index is -1.08. The maximum atomic E-state index is 10.7. The van der Waals surface area contributed by atoms with E-state index in [1.807, 2.05) is 0 Å². The maximum Gasteiger partial charge on any atom is 0.338 e. The fourth-order valence-corrected chi connectivity index (χ4v) is 2.73. The van der Waals surface area contributed by atoms with E-state index in [0.29, 0.717) is 0 Å². The van der Waals surface area contributed by atoms with Crippen LogP contribution in [0.15, 0.2) is 11.4 Å². The first kappa shape index (κ1) is 17.9. The summed E-state index contributed by atoms with van der Waals surface area (Å²) in [5.74, 6) is -1.17. The number of thiophene rings is 1. The molecular weight excluding hydrogens is 308 g/mol. The van der Waals surface area contributed by atoms with Crippen LogP contribution in [-0.4, -0.2) is 36.1 Å². The predicted octanol–water partition coefficient (Wildman–Crippen LogP) is 0.798. The van der Waals surface area contributed by atoms with Gasteiger partial charge in [0.1, 0.15) is 5.00 Å². The Kier molecular flexibility index (Phi) is 7.33. The van der Waals surface area contributed by atoms with Crippen molar-refractivity contribution in [1.82, 2.24) is 5.32 Å². The number of aromatic carboxylic acids is 1. The van der Waals surface area contributed by atoms with Crippen LogP contribution in [0.2, 0.25) is 0 Å². The van der Waals surface area contributed by atoms with Crippen LogP contribution < -0.4 is 22.1 Å². The number of carboxylic acid groups (broad SMARTS) is 1. The Morgan fingerprint density at radius 1 is 1.32 bits per heavy atom. The average Bonchev–Trinajstić information content (AvgIpc) is 2.73. The normalized spacial score (nSPS) is 17.5. The number of hydrogen-bond acceptors (Lipinski definition) is 5. The highest BCUT2D eigenvalue weighted by Crippen LogP contribution is 2.22. The Hall–Kier alpha value is -2.13. The second kappa shape index (κ2) is 9.00. The van der Waals surface area contributed by atoms with E-state index in [-0.39, 0.29) is 22.4 Å². The van der Waals surface area contributed by atoms with Gasteiger partial charge in [-0.2, -0.15) is 0 Å². The van der Waals surface area contributed by atoms with Crippen molar-refractivity contribution in [2.45, 2.75) is 19.3 Å². The summed E-state index contributed by atoms with van der Waals surface area (Å²) in [6.07, 6.45) is 3.26. The largest absolute Gasteiger partial charge is 0.478 e. The fraction of sp³-hybridized carbons (Fsp3) is 0.462. The van der Waals surface area contributed by atoms with Crippen LogP contribution in [0.25, 0.3) is 0 Å². The number of primary amides is 2. The van der Waals surface area contributed by atoms with Gasteiger partial charge in [-0.1, -0.05) is 6.42 Å². The Balaban J connectivity index is 0.000000224. The number of urea groups is 1. The van der Waals surface area contributed by atoms with Gasteiger partial charge < -0.3 is 21.9 Å². The molecule has 1 aromatic heterocycles. The van der Waals surface area contributed by atoms with Gasteiger partial charge in [0.15, 0.2) is 0 Å². The SMILES string of the molecule is NC(=O)Nc1sccc1C(=O)O.NC(=O)[C@H]1CCCCNC1. The molecule has 2 rings (SSSR count). The highest BCUT2D eigenvalue weighted by Gasteiger charge is 2.16. The molecule has 1 aliphatic heterocycles. The van der Waals surface area contributed by atoms with Crippen LogP contribution in [0.3, 0.4) is 0 Å². The van der Waals surface area contributed by atoms with Gasteiger partial charge in [0.25, 0.3) is 0 Å². The van der Waals surface area contributed by atoms with Crippen molar-refractivity contribution in [3.8, 4) is 0 Å². The lowest BCUT2D eigenvalue weighted by Crippen LogP contribution is -2.31. The number of carbonyl (C=O) groups is 3. The molecule has 0 radical (unpaired) electrons. The third-order valence-electron chi connectivity index (χ3n) is 3.08. The summed E-state index contributed by atoms with van der Waals surface area (Å²) < 4.78 is 0. The number of amides is 3. The first-order chi connectivity index (χ1) is 10.4. The topological polar surface area (TPSA) is 148 Å². The standard InChI is InChI=1S/C7H14N2O.C6H6N2O3S/c8-7(10)6-3-1-2-4-9-5-6;7-6(11)8-4-3(5(9)10)1-2-12-4/h6,9H,1-5H2,(H2,8,10);1-2H,(H,9,10)(H3,7,8,11)/t6-;/m0./s1. The van der Waals surface area contributed by atoms with Crippen LogP contribution >= 0.6 is 11.3 Å². The van der Waals surface area contributed by atoms with Gasteiger partial charge in [0.2, 0.25) is 5.91 Å². The Morgan fingerprint density at radius 2 is 2.05 bits per heavy atom. The molecule has 0 bridgehead atoms. The summed E-state index contributed by atoms with van der Waals surface area (Å²) in [6.45, 7) is 1.80. The molecule has 1 saturated heterocycles. The third kappa shape index (κ3) is 6.10. The van der Waals surface area contributed by atoms with Crippen LogP contribution in [0.5, 0.6) is 0 Å². The van der Waals surface area contributed by atoms with Crippen LogP contribution in [0, 0.1) is 5.92 Å². The minimum absolute atomic E-state index is 0.0544. The molecule has 2 heterocycles. The molecule has 122 valence electrons. The summed E-state index contributed by atoms with van der Waals surface area (Å²) in [6, 6.07) is 0.637. The molecule has 0 spiro atoms. The van der Waals surface area contributed by atoms with Crippen molar-refractivity contribution in [1.29, 1.82) is 0 Å². The van der Waals surface area contributed by atoms with Gasteiger partial charge in [0, 0.05) is 6.54 Å². The predicted molar refractivity (Wildman–Crippen MR) is 83.9 cm³/mol. The van der Waals surface area contributed by atoms with Crippen molar-refractivity contribution >= 4 is 34.2 Å².